The van der Waals surface area contributed by atoms with Crippen LogP contribution in [0.1, 0.15) is 16.1 Å². The molecule has 1 amide bonds. The second kappa shape index (κ2) is 9.22. The van der Waals surface area contributed by atoms with Crippen LogP contribution in [-0.2, 0) is 17.9 Å². The molecule has 3 aromatic heterocycles. The second-order valence-electron chi connectivity index (χ2n) is 6.26. The Labute approximate surface area is 172 Å². The molecule has 3 heterocycles. The average molecular weight is 405 g/mol. The molecule has 0 radical (unpaired) electrons. The van der Waals surface area contributed by atoms with Gasteiger partial charge in [-0.15, -0.1) is 11.3 Å². The van der Waals surface area contributed by atoms with Crippen molar-refractivity contribution >= 4 is 22.9 Å². The first-order valence-corrected chi connectivity index (χ1v) is 9.97. The van der Waals surface area contributed by atoms with E-state index in [0.717, 1.165) is 16.1 Å². The molecule has 4 aromatic rings. The molecule has 0 unspecified atom stereocenters. The largest absolute Gasteiger partial charge is 0.375 e. The number of nitrogens with one attached hydrogen (secondary N) is 1. The van der Waals surface area contributed by atoms with Crippen molar-refractivity contribution < 1.29 is 9.53 Å². The molecule has 0 bridgehead atoms. The quantitative estimate of drug-likeness (QED) is 0.450. The summed E-state index contributed by atoms with van der Waals surface area (Å²) in [4.78, 5) is 20.8. The van der Waals surface area contributed by atoms with E-state index in [1.165, 1.54) is 11.3 Å². The van der Waals surface area contributed by atoms with Crippen LogP contribution in [0.25, 0.3) is 10.6 Å². The zero-order valence-electron chi connectivity index (χ0n) is 15.6. The first-order valence-electron chi connectivity index (χ1n) is 9.09. The fourth-order valence-electron chi connectivity index (χ4n) is 2.67. The predicted molar refractivity (Wildman–Crippen MR) is 112 cm³/mol. The van der Waals surface area contributed by atoms with E-state index in [4.69, 9.17) is 4.74 Å². The summed E-state index contributed by atoms with van der Waals surface area (Å²) in [7, 11) is 0. The molecule has 0 atom stereocenters. The van der Waals surface area contributed by atoms with E-state index in [2.05, 4.69) is 20.4 Å². The third kappa shape index (κ3) is 5.13. The zero-order valence-corrected chi connectivity index (χ0v) is 16.4. The fourth-order valence-corrected chi connectivity index (χ4v) is 3.48. The Bertz CT molecular complexity index is 1060. The lowest BCUT2D eigenvalue weighted by Gasteiger charge is -2.04. The topological polar surface area (TPSA) is 81.9 Å². The number of carbonyl (C=O) groups is 1. The van der Waals surface area contributed by atoms with Gasteiger partial charge in [-0.2, -0.15) is 5.10 Å². The Kier molecular flexibility index (Phi) is 6.04. The first kappa shape index (κ1) is 19.0. The van der Waals surface area contributed by atoms with Crippen molar-refractivity contribution in [3.63, 3.8) is 0 Å². The van der Waals surface area contributed by atoms with E-state index in [1.54, 1.807) is 34.8 Å². The molecule has 0 fully saturated rings. The van der Waals surface area contributed by atoms with Gasteiger partial charge in [-0.05, 0) is 17.7 Å². The van der Waals surface area contributed by atoms with Gasteiger partial charge in [0.25, 0.3) is 5.91 Å². The number of ether oxygens (including phenoxy) is 1. The maximum absolute atomic E-state index is 12.4. The van der Waals surface area contributed by atoms with Gasteiger partial charge in [0.2, 0.25) is 0 Å². The Morgan fingerprint density at radius 3 is 2.79 bits per heavy atom. The normalized spacial score (nSPS) is 10.8. The van der Waals surface area contributed by atoms with Gasteiger partial charge in [0, 0.05) is 29.5 Å². The number of hydrogen-bond donors (Lipinski definition) is 1. The average Bonchev–Trinajstić information content (AvgIpc) is 3.43. The van der Waals surface area contributed by atoms with Crippen molar-refractivity contribution in [1.29, 1.82) is 0 Å². The van der Waals surface area contributed by atoms with Crippen molar-refractivity contribution in [1.82, 2.24) is 19.7 Å². The first-order chi connectivity index (χ1) is 14.3. The second-order valence-corrected chi connectivity index (χ2v) is 7.12. The Morgan fingerprint density at radius 1 is 1.14 bits per heavy atom. The van der Waals surface area contributed by atoms with E-state index in [0.29, 0.717) is 31.1 Å². The van der Waals surface area contributed by atoms with E-state index in [1.807, 2.05) is 42.5 Å². The molecule has 0 aliphatic carbocycles. The summed E-state index contributed by atoms with van der Waals surface area (Å²) in [5.41, 5.74) is 3.07. The van der Waals surface area contributed by atoms with Gasteiger partial charge in [0.05, 0.1) is 31.6 Å². The van der Waals surface area contributed by atoms with Crippen molar-refractivity contribution in [2.75, 3.05) is 11.9 Å². The number of rotatable bonds is 8. The van der Waals surface area contributed by atoms with Crippen LogP contribution in [0.2, 0.25) is 0 Å². The Hall–Kier alpha value is -3.36. The third-order valence-electron chi connectivity index (χ3n) is 4.13. The molecule has 4 rings (SSSR count). The fraction of sp³-hybridized carbons (Fsp3) is 0.143. The molecule has 0 spiro atoms. The van der Waals surface area contributed by atoms with E-state index >= 15 is 0 Å². The highest BCUT2D eigenvalue weighted by Crippen LogP contribution is 2.23. The van der Waals surface area contributed by atoms with E-state index in [-0.39, 0.29) is 5.91 Å². The zero-order chi connectivity index (χ0) is 19.9. The molecule has 29 heavy (non-hydrogen) atoms. The highest BCUT2D eigenvalue weighted by Gasteiger charge is 2.13. The van der Waals surface area contributed by atoms with Gasteiger partial charge in [-0.3, -0.25) is 14.5 Å². The predicted octanol–water partition coefficient (Wildman–Crippen LogP) is 3.87. The Morgan fingerprint density at radius 2 is 1.97 bits per heavy atom. The van der Waals surface area contributed by atoms with Gasteiger partial charge in [-0.25, -0.2) is 4.98 Å². The number of pyridine rings is 1. The number of carbonyl (C=O) groups excluding carboxylic acids is 1. The van der Waals surface area contributed by atoms with Crippen LogP contribution in [0.3, 0.4) is 0 Å². The number of hydrogen-bond acceptors (Lipinski definition) is 6. The number of amides is 1. The van der Waals surface area contributed by atoms with Crippen LogP contribution in [0.15, 0.2) is 72.6 Å². The minimum absolute atomic E-state index is 0.263. The maximum Gasteiger partial charge on any atom is 0.275 e. The minimum atomic E-state index is -0.263. The summed E-state index contributed by atoms with van der Waals surface area (Å²) in [6, 6.07) is 13.7. The molecule has 0 aliphatic heterocycles. The molecule has 0 saturated carbocycles. The van der Waals surface area contributed by atoms with Crippen LogP contribution < -0.4 is 5.32 Å². The molecular weight excluding hydrogens is 386 g/mol. The lowest BCUT2D eigenvalue weighted by molar-refractivity contribution is 0.102. The van der Waals surface area contributed by atoms with Crippen molar-refractivity contribution in [2.24, 2.45) is 0 Å². The van der Waals surface area contributed by atoms with Gasteiger partial charge >= 0.3 is 0 Å². The lowest BCUT2D eigenvalue weighted by atomic mass is 10.2. The molecule has 7 nitrogen and oxygen atoms in total. The van der Waals surface area contributed by atoms with Gasteiger partial charge in [0.1, 0.15) is 10.7 Å². The van der Waals surface area contributed by atoms with Crippen LogP contribution in [-0.4, -0.2) is 32.3 Å². The molecule has 0 aliphatic rings. The lowest BCUT2D eigenvalue weighted by Crippen LogP contribution is -2.12. The minimum Gasteiger partial charge on any atom is -0.375 e. The Balaban J connectivity index is 1.27. The van der Waals surface area contributed by atoms with Crippen LogP contribution >= 0.6 is 11.3 Å². The van der Waals surface area contributed by atoms with Gasteiger partial charge < -0.3 is 10.1 Å². The summed E-state index contributed by atoms with van der Waals surface area (Å²) >= 11 is 1.42. The summed E-state index contributed by atoms with van der Waals surface area (Å²) in [6.45, 7) is 1.70. The standard InChI is InChI=1S/C21H19N5O2S/c27-20(19-15-29-21(25-19)17-6-8-22-9-7-17)24-18-12-23-26(13-18)10-11-28-14-16-4-2-1-3-5-16/h1-9,12-13,15H,10-11,14H2,(H,24,27). The molecule has 1 N–H and O–H groups in total. The van der Waals surface area contributed by atoms with Crippen molar-refractivity contribution in [2.45, 2.75) is 13.2 Å². The van der Waals surface area contributed by atoms with Gasteiger partial charge in [-0.1, -0.05) is 30.3 Å². The number of aromatic nitrogens is 4. The SMILES string of the molecule is O=C(Nc1cnn(CCOCc2ccccc2)c1)c1csc(-c2ccncc2)n1. The molecule has 0 saturated heterocycles. The summed E-state index contributed by atoms with van der Waals surface area (Å²) in [5.74, 6) is -0.263. The van der Waals surface area contributed by atoms with E-state index < -0.39 is 0 Å². The number of anilines is 1. The van der Waals surface area contributed by atoms with E-state index in [9.17, 15) is 4.79 Å². The smallest absolute Gasteiger partial charge is 0.275 e. The molecule has 146 valence electrons. The summed E-state index contributed by atoms with van der Waals surface area (Å²) < 4.78 is 7.41. The van der Waals surface area contributed by atoms with Crippen LogP contribution in [0.4, 0.5) is 5.69 Å². The molecule has 1 aromatic carbocycles. The van der Waals surface area contributed by atoms with Crippen molar-refractivity contribution in [3.8, 4) is 10.6 Å². The highest BCUT2D eigenvalue weighted by molar-refractivity contribution is 7.13. The third-order valence-corrected chi connectivity index (χ3v) is 5.02. The maximum atomic E-state index is 12.4. The van der Waals surface area contributed by atoms with Crippen LogP contribution in [0, 0.1) is 0 Å². The van der Waals surface area contributed by atoms with Crippen molar-refractivity contribution in [3.05, 3.63) is 83.9 Å². The summed E-state index contributed by atoms with van der Waals surface area (Å²) in [5, 5.41) is 9.61. The van der Waals surface area contributed by atoms with Gasteiger partial charge in [0.15, 0.2) is 0 Å². The number of nitrogens with zero attached hydrogens (tertiary/aromatic N) is 4. The molecular formula is C21H19N5O2S. The molecule has 8 heteroatoms. The van der Waals surface area contributed by atoms with Crippen LogP contribution in [0.5, 0.6) is 0 Å². The highest BCUT2D eigenvalue weighted by atomic mass is 32.1. The number of benzene rings is 1. The monoisotopic (exact) mass is 405 g/mol. The summed E-state index contributed by atoms with van der Waals surface area (Å²) in [6.07, 6.45) is 6.80. The number of thiazole rings is 1.